The van der Waals surface area contributed by atoms with E-state index in [9.17, 15) is 9.90 Å². The number of hydrogen-bond acceptors (Lipinski definition) is 4. The Morgan fingerprint density at radius 3 is 1.42 bits per heavy atom. The molecule has 1 N–H and O–H groups in total. The van der Waals surface area contributed by atoms with Crippen LogP contribution in [0.25, 0.3) is 0 Å². The lowest BCUT2D eigenvalue weighted by Gasteiger charge is -2.38. The van der Waals surface area contributed by atoms with Crippen molar-refractivity contribution in [2.75, 3.05) is 26.3 Å². The van der Waals surface area contributed by atoms with Crippen molar-refractivity contribution in [1.29, 1.82) is 0 Å². The number of rotatable bonds is 10. The van der Waals surface area contributed by atoms with Gasteiger partial charge >= 0.3 is 5.97 Å². The van der Waals surface area contributed by atoms with Gasteiger partial charge in [0.05, 0.1) is 0 Å². The van der Waals surface area contributed by atoms with Gasteiger partial charge in [0.15, 0.2) is 16.6 Å². The summed E-state index contributed by atoms with van der Waals surface area (Å²) in [4.78, 5) is 13.4. The summed E-state index contributed by atoms with van der Waals surface area (Å²) in [5, 5.41) is 9.73. The second-order valence-electron chi connectivity index (χ2n) is 10.3. The largest absolute Gasteiger partial charge is 0.480 e. The third-order valence-electron chi connectivity index (χ3n) is 6.20. The quantitative estimate of drug-likeness (QED) is 0.529. The maximum atomic E-state index is 11.5. The van der Waals surface area contributed by atoms with Crippen molar-refractivity contribution in [2.24, 2.45) is 0 Å². The third kappa shape index (κ3) is 7.80. The molecular formula is C19H43NO4Si2. The first-order chi connectivity index (χ1) is 11.4. The van der Waals surface area contributed by atoms with E-state index in [1.165, 1.54) is 0 Å². The monoisotopic (exact) mass is 405 g/mol. The van der Waals surface area contributed by atoms with Crippen molar-refractivity contribution in [3.05, 3.63) is 0 Å². The normalized spacial score (nSPS) is 15.4. The van der Waals surface area contributed by atoms with E-state index in [0.29, 0.717) is 26.3 Å². The van der Waals surface area contributed by atoms with E-state index in [1.807, 2.05) is 4.90 Å². The Labute approximate surface area is 163 Å². The van der Waals surface area contributed by atoms with Gasteiger partial charge in [-0.25, -0.2) is 0 Å². The molecule has 0 amide bonds. The van der Waals surface area contributed by atoms with Crippen LogP contribution in [0, 0.1) is 0 Å². The van der Waals surface area contributed by atoms with E-state index in [0.717, 1.165) is 0 Å². The molecule has 1 unspecified atom stereocenters. The highest BCUT2D eigenvalue weighted by Crippen LogP contribution is 2.37. The highest BCUT2D eigenvalue weighted by Gasteiger charge is 2.38. The Kier molecular flexibility index (Phi) is 9.24. The Balaban J connectivity index is 4.78. The second-order valence-corrected chi connectivity index (χ2v) is 19.9. The molecule has 5 nitrogen and oxygen atoms in total. The molecule has 1 atom stereocenters. The minimum Gasteiger partial charge on any atom is -0.480 e. The van der Waals surface area contributed by atoms with Crippen molar-refractivity contribution in [2.45, 2.75) is 90.8 Å². The molecule has 7 heteroatoms. The molecular weight excluding hydrogens is 362 g/mol. The van der Waals surface area contributed by atoms with Crippen molar-refractivity contribution in [3.8, 4) is 0 Å². The van der Waals surface area contributed by atoms with Crippen LogP contribution in [-0.4, -0.2) is 65.0 Å². The molecule has 26 heavy (non-hydrogen) atoms. The number of carboxylic acid groups (broad SMARTS) is 1. The van der Waals surface area contributed by atoms with Crippen LogP contribution in [0.4, 0.5) is 0 Å². The van der Waals surface area contributed by atoms with Crippen LogP contribution in [-0.2, 0) is 13.6 Å². The third-order valence-corrected chi connectivity index (χ3v) is 15.3. The molecule has 0 heterocycles. The molecule has 0 rings (SSSR count). The molecule has 0 aromatic carbocycles. The van der Waals surface area contributed by atoms with E-state index < -0.39 is 28.6 Å². The zero-order valence-electron chi connectivity index (χ0n) is 19.0. The molecule has 156 valence electrons. The van der Waals surface area contributed by atoms with E-state index in [2.05, 4.69) is 67.7 Å². The van der Waals surface area contributed by atoms with Gasteiger partial charge in [0.1, 0.15) is 6.04 Å². The van der Waals surface area contributed by atoms with E-state index in [1.54, 1.807) is 6.92 Å². The summed E-state index contributed by atoms with van der Waals surface area (Å²) in [5.74, 6) is -0.801. The van der Waals surface area contributed by atoms with Gasteiger partial charge < -0.3 is 14.0 Å². The minimum atomic E-state index is -1.82. The fraction of sp³-hybridized carbons (Fsp3) is 0.947. The lowest BCUT2D eigenvalue weighted by Crippen LogP contribution is -2.48. The summed E-state index contributed by atoms with van der Waals surface area (Å²) in [6.07, 6.45) is 0. The second kappa shape index (κ2) is 9.32. The van der Waals surface area contributed by atoms with Crippen molar-refractivity contribution < 1.29 is 18.8 Å². The summed E-state index contributed by atoms with van der Waals surface area (Å²) < 4.78 is 12.5. The molecule has 0 aliphatic carbocycles. The Morgan fingerprint density at radius 1 is 0.885 bits per heavy atom. The molecule has 0 spiro atoms. The number of hydrogen-bond donors (Lipinski definition) is 1. The topological polar surface area (TPSA) is 59.0 Å². The summed E-state index contributed by atoms with van der Waals surface area (Å²) in [6, 6.07) is -0.541. The lowest BCUT2D eigenvalue weighted by molar-refractivity contribution is -0.142. The molecule has 0 saturated carbocycles. The number of carboxylic acids is 1. The average molecular weight is 406 g/mol. The summed E-state index contributed by atoms with van der Waals surface area (Å²) in [6.45, 7) is 26.2. The molecule has 0 bridgehead atoms. The molecule has 0 aromatic heterocycles. The number of nitrogens with zero attached hydrogens (tertiary/aromatic N) is 1. The SMILES string of the molecule is CC(C(=O)O)N(CCO[Si](C)(C)C(C)(C)C)CCO[Si](C)(C)C(C)(C)C. The highest BCUT2D eigenvalue weighted by molar-refractivity contribution is 6.74. The molecule has 0 fully saturated rings. The maximum Gasteiger partial charge on any atom is 0.320 e. The Hall–Kier alpha value is -0.216. The first-order valence-electron chi connectivity index (χ1n) is 9.67. The van der Waals surface area contributed by atoms with E-state index in [-0.39, 0.29) is 10.1 Å². The first kappa shape index (κ1) is 25.8. The van der Waals surface area contributed by atoms with Gasteiger partial charge in [-0.3, -0.25) is 9.69 Å². The van der Waals surface area contributed by atoms with Gasteiger partial charge in [0, 0.05) is 26.3 Å². The van der Waals surface area contributed by atoms with Gasteiger partial charge in [-0.2, -0.15) is 0 Å². The van der Waals surface area contributed by atoms with Gasteiger partial charge in [-0.1, -0.05) is 41.5 Å². The molecule has 0 aliphatic rings. The van der Waals surface area contributed by atoms with Gasteiger partial charge in [-0.15, -0.1) is 0 Å². The smallest absolute Gasteiger partial charge is 0.320 e. The standard InChI is InChI=1S/C19H43NO4Si2/c1-16(17(21)22)20(12-14-23-25(8,9)18(2,3)4)13-15-24-26(10,11)19(5,6)7/h16H,12-15H2,1-11H3,(H,21,22). The molecule has 0 saturated heterocycles. The van der Waals surface area contributed by atoms with Crippen molar-refractivity contribution in [3.63, 3.8) is 0 Å². The summed E-state index contributed by atoms with van der Waals surface area (Å²) in [7, 11) is -3.64. The zero-order chi connectivity index (χ0) is 21.0. The van der Waals surface area contributed by atoms with Crippen LogP contribution in [0.5, 0.6) is 0 Å². The number of carbonyl (C=O) groups is 1. The van der Waals surface area contributed by atoms with E-state index in [4.69, 9.17) is 8.85 Å². The predicted octanol–water partition coefficient (Wildman–Crippen LogP) is 4.81. The maximum absolute atomic E-state index is 11.5. The average Bonchev–Trinajstić information content (AvgIpc) is 2.42. The van der Waals surface area contributed by atoms with Crippen LogP contribution in [0.15, 0.2) is 0 Å². The van der Waals surface area contributed by atoms with Crippen molar-refractivity contribution in [1.82, 2.24) is 4.90 Å². The predicted molar refractivity (Wildman–Crippen MR) is 115 cm³/mol. The molecule has 0 radical (unpaired) electrons. The first-order valence-corrected chi connectivity index (χ1v) is 15.5. The molecule has 0 aliphatic heterocycles. The van der Waals surface area contributed by atoms with Gasteiger partial charge in [-0.05, 0) is 43.2 Å². The Bertz CT molecular complexity index is 421. The minimum absolute atomic E-state index is 0.154. The van der Waals surface area contributed by atoms with Crippen LogP contribution in [0.1, 0.15) is 48.5 Å². The summed E-state index contributed by atoms with van der Waals surface area (Å²) >= 11 is 0. The van der Waals surface area contributed by atoms with Gasteiger partial charge in [0.2, 0.25) is 0 Å². The van der Waals surface area contributed by atoms with E-state index >= 15 is 0 Å². The number of aliphatic carboxylic acids is 1. The van der Waals surface area contributed by atoms with Crippen LogP contribution >= 0.6 is 0 Å². The van der Waals surface area contributed by atoms with Crippen LogP contribution < -0.4 is 0 Å². The van der Waals surface area contributed by atoms with Crippen molar-refractivity contribution >= 4 is 22.6 Å². The fourth-order valence-electron chi connectivity index (χ4n) is 1.92. The Morgan fingerprint density at radius 2 is 1.19 bits per heavy atom. The van der Waals surface area contributed by atoms with Crippen LogP contribution in [0.3, 0.4) is 0 Å². The zero-order valence-corrected chi connectivity index (χ0v) is 21.0. The fourth-order valence-corrected chi connectivity index (χ4v) is 3.99. The van der Waals surface area contributed by atoms with Gasteiger partial charge in [0.25, 0.3) is 0 Å². The highest BCUT2D eigenvalue weighted by atomic mass is 28.4. The van der Waals surface area contributed by atoms with Crippen LogP contribution in [0.2, 0.25) is 36.3 Å². The molecule has 0 aromatic rings. The summed E-state index contributed by atoms with van der Waals surface area (Å²) in [5.41, 5.74) is 0. The lowest BCUT2D eigenvalue weighted by atomic mass is 10.2.